The molecule has 5 nitrogen and oxygen atoms in total. The van der Waals surface area contributed by atoms with Gasteiger partial charge in [0.1, 0.15) is 5.82 Å². The first-order valence-electron chi connectivity index (χ1n) is 6.82. The largest absolute Gasteiger partial charge is 0.445 e. The maximum atomic E-state index is 13.2. The molecule has 22 heavy (non-hydrogen) atoms. The Morgan fingerprint density at radius 3 is 2.59 bits per heavy atom. The van der Waals surface area contributed by atoms with Crippen LogP contribution < -0.4 is 0 Å². The number of ether oxygens (including phenoxy) is 2. The third kappa shape index (κ3) is 3.63. The maximum absolute atomic E-state index is 13.2. The lowest BCUT2D eigenvalue weighted by Crippen LogP contribution is -2.25. The normalized spacial score (nSPS) is 18.0. The molecule has 0 spiro atoms. The summed E-state index contributed by atoms with van der Waals surface area (Å²) in [5, 5.41) is 0. The average Bonchev–Trinajstić information content (AvgIpc) is 2.66. The number of nitrogens with zero attached hydrogens (tertiary/aromatic N) is 1. The molecule has 0 radical (unpaired) electrons. The number of aryl methyl sites for hydroxylation is 1. The molecule has 1 saturated heterocycles. The summed E-state index contributed by atoms with van der Waals surface area (Å²) in [5.74, 6) is -2.52. The van der Waals surface area contributed by atoms with Crippen LogP contribution in [0.3, 0.4) is 0 Å². The molecule has 0 unspecified atom stereocenters. The monoisotopic (exact) mass is 307 g/mol. The minimum absolute atomic E-state index is 0.114. The SMILES string of the molecule is Cc1cc(CN(C)C(=O)C=C2OC(C)(C)OC2=O)ccc1F. The van der Waals surface area contributed by atoms with Gasteiger partial charge >= 0.3 is 5.97 Å². The van der Waals surface area contributed by atoms with E-state index in [0.29, 0.717) is 12.1 Å². The Hall–Kier alpha value is -2.37. The van der Waals surface area contributed by atoms with Crippen LogP contribution in [0.1, 0.15) is 25.0 Å². The van der Waals surface area contributed by atoms with Gasteiger partial charge in [-0.05, 0) is 24.1 Å². The molecule has 0 bridgehead atoms. The second kappa shape index (κ2) is 5.79. The van der Waals surface area contributed by atoms with E-state index in [9.17, 15) is 14.0 Å². The number of likely N-dealkylation sites (N-methyl/N-ethyl adjacent to an activating group) is 1. The van der Waals surface area contributed by atoms with E-state index in [-0.39, 0.29) is 11.6 Å². The molecule has 0 aliphatic carbocycles. The van der Waals surface area contributed by atoms with Gasteiger partial charge in [-0.3, -0.25) is 4.79 Å². The molecule has 1 aliphatic rings. The Morgan fingerprint density at radius 1 is 1.36 bits per heavy atom. The van der Waals surface area contributed by atoms with Crippen molar-refractivity contribution in [1.82, 2.24) is 4.90 Å². The number of amides is 1. The minimum Gasteiger partial charge on any atom is -0.445 e. The third-order valence-electron chi connectivity index (χ3n) is 3.17. The summed E-state index contributed by atoms with van der Waals surface area (Å²) in [7, 11) is 1.59. The molecule has 0 N–H and O–H groups in total. The van der Waals surface area contributed by atoms with Crippen LogP contribution in [-0.2, 0) is 25.6 Å². The third-order valence-corrected chi connectivity index (χ3v) is 3.17. The highest BCUT2D eigenvalue weighted by molar-refractivity contribution is 5.97. The number of carbonyl (C=O) groups excluding carboxylic acids is 2. The minimum atomic E-state index is -1.06. The molecule has 1 heterocycles. The highest BCUT2D eigenvalue weighted by atomic mass is 19.1. The summed E-state index contributed by atoms with van der Waals surface area (Å²) in [6.45, 7) is 5.12. The van der Waals surface area contributed by atoms with Crippen LogP contribution in [0.25, 0.3) is 0 Å². The smallest absolute Gasteiger partial charge is 0.377 e. The number of hydrogen-bond donors (Lipinski definition) is 0. The fourth-order valence-corrected chi connectivity index (χ4v) is 2.07. The van der Waals surface area contributed by atoms with Crippen LogP contribution in [0, 0.1) is 12.7 Å². The average molecular weight is 307 g/mol. The molecule has 1 aromatic carbocycles. The Balaban J connectivity index is 2.06. The van der Waals surface area contributed by atoms with Crippen LogP contribution in [0.2, 0.25) is 0 Å². The van der Waals surface area contributed by atoms with Gasteiger partial charge in [-0.2, -0.15) is 0 Å². The summed E-state index contributed by atoms with van der Waals surface area (Å²) in [4.78, 5) is 25.1. The Morgan fingerprint density at radius 2 is 2.05 bits per heavy atom. The van der Waals surface area contributed by atoms with Crippen molar-refractivity contribution in [3.63, 3.8) is 0 Å². The first-order valence-corrected chi connectivity index (χ1v) is 6.82. The highest BCUT2D eigenvalue weighted by Crippen LogP contribution is 2.26. The molecule has 1 amide bonds. The summed E-state index contributed by atoms with van der Waals surface area (Å²) < 4.78 is 23.4. The quantitative estimate of drug-likeness (QED) is 0.635. The topological polar surface area (TPSA) is 55.8 Å². The van der Waals surface area contributed by atoms with E-state index >= 15 is 0 Å². The molecule has 1 fully saturated rings. The molecule has 0 atom stereocenters. The van der Waals surface area contributed by atoms with Gasteiger partial charge in [-0.15, -0.1) is 0 Å². The lowest BCUT2D eigenvalue weighted by Gasteiger charge is -2.16. The van der Waals surface area contributed by atoms with Gasteiger partial charge in [0.05, 0.1) is 6.08 Å². The zero-order chi connectivity index (χ0) is 16.5. The van der Waals surface area contributed by atoms with E-state index in [0.717, 1.165) is 11.6 Å². The molecule has 0 aromatic heterocycles. The number of carbonyl (C=O) groups is 2. The number of cyclic esters (lactones) is 1. The molecule has 6 heteroatoms. The van der Waals surface area contributed by atoms with Gasteiger partial charge in [0, 0.05) is 27.4 Å². The number of hydrogen-bond acceptors (Lipinski definition) is 4. The van der Waals surface area contributed by atoms with Crippen molar-refractivity contribution in [1.29, 1.82) is 0 Å². The van der Waals surface area contributed by atoms with Crippen LogP contribution in [0.15, 0.2) is 30.0 Å². The van der Waals surface area contributed by atoms with Crippen LogP contribution in [-0.4, -0.2) is 29.6 Å². The number of esters is 1. The fourth-order valence-electron chi connectivity index (χ4n) is 2.07. The van der Waals surface area contributed by atoms with Crippen molar-refractivity contribution in [2.45, 2.75) is 33.1 Å². The Bertz CT molecular complexity index is 652. The van der Waals surface area contributed by atoms with E-state index in [1.54, 1.807) is 40.0 Å². The molecule has 0 saturated carbocycles. The standard InChI is InChI=1S/C16H18FNO4/c1-10-7-11(5-6-12(10)17)9-18(4)14(19)8-13-15(20)22-16(2,3)21-13/h5-8H,9H2,1-4H3. The summed E-state index contributed by atoms with van der Waals surface area (Å²) in [5.41, 5.74) is 1.31. The summed E-state index contributed by atoms with van der Waals surface area (Å²) in [6.07, 6.45) is 1.10. The predicted molar refractivity (Wildman–Crippen MR) is 77.0 cm³/mol. The lowest BCUT2D eigenvalue weighted by molar-refractivity contribution is -0.159. The van der Waals surface area contributed by atoms with Crippen molar-refractivity contribution >= 4 is 11.9 Å². The van der Waals surface area contributed by atoms with Crippen LogP contribution in [0.5, 0.6) is 0 Å². The number of rotatable bonds is 3. The fraction of sp³-hybridized carbons (Fsp3) is 0.375. The van der Waals surface area contributed by atoms with Crippen molar-refractivity contribution in [2.24, 2.45) is 0 Å². The maximum Gasteiger partial charge on any atom is 0.377 e. The first-order chi connectivity index (χ1) is 10.2. The molecular weight excluding hydrogens is 289 g/mol. The van der Waals surface area contributed by atoms with Gasteiger partial charge in [0.25, 0.3) is 5.91 Å². The van der Waals surface area contributed by atoms with Crippen LogP contribution >= 0.6 is 0 Å². The Labute approximate surface area is 128 Å². The first kappa shape index (κ1) is 16.0. The van der Waals surface area contributed by atoms with Gasteiger partial charge < -0.3 is 14.4 Å². The molecule has 1 aromatic rings. The predicted octanol–water partition coefficient (Wildman–Crippen LogP) is 2.29. The molecular formula is C16H18FNO4. The Kier molecular flexibility index (Phi) is 4.21. The van der Waals surface area contributed by atoms with Gasteiger partial charge in [0.15, 0.2) is 0 Å². The van der Waals surface area contributed by atoms with E-state index in [4.69, 9.17) is 9.47 Å². The second-order valence-corrected chi connectivity index (χ2v) is 5.68. The summed E-state index contributed by atoms with van der Waals surface area (Å²) >= 11 is 0. The van der Waals surface area contributed by atoms with E-state index in [1.807, 2.05) is 0 Å². The van der Waals surface area contributed by atoms with Crippen molar-refractivity contribution in [3.8, 4) is 0 Å². The zero-order valence-electron chi connectivity index (χ0n) is 13.0. The molecule has 2 rings (SSSR count). The van der Waals surface area contributed by atoms with E-state index < -0.39 is 17.7 Å². The van der Waals surface area contributed by atoms with Gasteiger partial charge in [-0.1, -0.05) is 12.1 Å². The van der Waals surface area contributed by atoms with E-state index in [2.05, 4.69) is 0 Å². The van der Waals surface area contributed by atoms with E-state index in [1.165, 1.54) is 11.0 Å². The second-order valence-electron chi connectivity index (χ2n) is 5.68. The molecule has 118 valence electrons. The van der Waals surface area contributed by atoms with Crippen LogP contribution in [0.4, 0.5) is 4.39 Å². The lowest BCUT2D eigenvalue weighted by atomic mass is 10.1. The molecule has 1 aliphatic heterocycles. The van der Waals surface area contributed by atoms with Gasteiger partial charge in [-0.25, -0.2) is 9.18 Å². The summed E-state index contributed by atoms with van der Waals surface area (Å²) in [6, 6.07) is 4.65. The zero-order valence-corrected chi connectivity index (χ0v) is 13.0. The van der Waals surface area contributed by atoms with Crippen molar-refractivity contribution in [2.75, 3.05) is 7.05 Å². The van der Waals surface area contributed by atoms with Gasteiger partial charge in [0.2, 0.25) is 11.5 Å². The van der Waals surface area contributed by atoms with Crippen molar-refractivity contribution in [3.05, 3.63) is 47.0 Å². The highest BCUT2D eigenvalue weighted by Gasteiger charge is 2.37. The number of halogens is 1. The van der Waals surface area contributed by atoms with Crippen molar-refractivity contribution < 1.29 is 23.5 Å². The number of benzene rings is 1.